The van der Waals surface area contributed by atoms with E-state index in [4.69, 9.17) is 9.63 Å². The van der Waals surface area contributed by atoms with Crippen molar-refractivity contribution in [2.45, 2.75) is 33.2 Å². The normalized spacial score (nSPS) is 17.8. The summed E-state index contributed by atoms with van der Waals surface area (Å²) in [6.45, 7) is 4.72. The molecule has 20 heavy (non-hydrogen) atoms. The van der Waals surface area contributed by atoms with E-state index >= 15 is 0 Å². The lowest BCUT2D eigenvalue weighted by atomic mass is 9.80. The lowest BCUT2D eigenvalue weighted by Gasteiger charge is -2.36. The topological polar surface area (TPSA) is 95.7 Å². The van der Waals surface area contributed by atoms with Gasteiger partial charge in [-0.15, -0.1) is 0 Å². The van der Waals surface area contributed by atoms with Crippen LogP contribution in [-0.4, -0.2) is 40.3 Å². The third-order valence-electron chi connectivity index (χ3n) is 3.76. The molecule has 2 amide bonds. The van der Waals surface area contributed by atoms with Crippen molar-refractivity contribution in [3.63, 3.8) is 0 Å². The summed E-state index contributed by atoms with van der Waals surface area (Å²) in [5, 5.41) is 15.6. The molecule has 0 radical (unpaired) electrons. The number of aromatic nitrogens is 1. The maximum atomic E-state index is 12.0. The average molecular weight is 281 g/mol. The van der Waals surface area contributed by atoms with Gasteiger partial charge in [-0.2, -0.15) is 0 Å². The molecule has 7 nitrogen and oxygen atoms in total. The summed E-state index contributed by atoms with van der Waals surface area (Å²) in [6, 6.07) is 1.56. The highest BCUT2D eigenvalue weighted by Gasteiger charge is 2.37. The molecule has 2 N–H and O–H groups in total. The minimum absolute atomic E-state index is 0.202. The Morgan fingerprint density at radius 2 is 2.15 bits per heavy atom. The number of piperidine rings is 1. The largest absolute Gasteiger partial charge is 0.481 e. The van der Waals surface area contributed by atoms with Crippen molar-refractivity contribution in [2.75, 3.05) is 13.1 Å². The minimum atomic E-state index is -0.797. The average Bonchev–Trinajstić information content (AvgIpc) is 2.82. The van der Waals surface area contributed by atoms with Crippen molar-refractivity contribution in [2.24, 2.45) is 5.41 Å². The summed E-state index contributed by atoms with van der Waals surface area (Å²) in [4.78, 5) is 24.7. The van der Waals surface area contributed by atoms with Gasteiger partial charge >= 0.3 is 12.0 Å². The van der Waals surface area contributed by atoms with E-state index in [2.05, 4.69) is 10.5 Å². The van der Waals surface area contributed by atoms with E-state index in [1.54, 1.807) is 17.9 Å². The highest BCUT2D eigenvalue weighted by molar-refractivity contribution is 5.76. The molecule has 110 valence electrons. The maximum absolute atomic E-state index is 12.0. The molecule has 0 unspecified atom stereocenters. The summed E-state index contributed by atoms with van der Waals surface area (Å²) >= 11 is 0. The Morgan fingerprint density at radius 1 is 1.50 bits per heavy atom. The van der Waals surface area contributed by atoms with Gasteiger partial charge < -0.3 is 19.8 Å². The number of carbonyl (C=O) groups is 2. The number of amides is 2. The molecular formula is C13H19N3O4. The predicted molar refractivity (Wildman–Crippen MR) is 70.0 cm³/mol. The molecule has 0 spiro atoms. The third-order valence-corrected chi connectivity index (χ3v) is 3.76. The number of hydrogen-bond donors (Lipinski definition) is 2. The lowest BCUT2D eigenvalue weighted by Crippen LogP contribution is -2.48. The van der Waals surface area contributed by atoms with Crippen LogP contribution in [-0.2, 0) is 11.3 Å². The Kier molecular flexibility index (Phi) is 3.96. The van der Waals surface area contributed by atoms with Gasteiger partial charge in [0.05, 0.1) is 17.7 Å². The molecule has 1 aromatic rings. The fraction of sp³-hybridized carbons (Fsp3) is 0.615. The van der Waals surface area contributed by atoms with Gasteiger partial charge in [0.1, 0.15) is 0 Å². The Morgan fingerprint density at radius 3 is 2.65 bits per heavy atom. The monoisotopic (exact) mass is 281 g/mol. The van der Waals surface area contributed by atoms with Gasteiger partial charge in [-0.25, -0.2) is 4.79 Å². The van der Waals surface area contributed by atoms with Gasteiger partial charge in [0.15, 0.2) is 5.76 Å². The molecular weight excluding hydrogens is 262 g/mol. The Labute approximate surface area is 116 Å². The number of aliphatic carboxylic acids is 1. The lowest BCUT2D eigenvalue weighted by molar-refractivity contribution is -0.150. The van der Waals surface area contributed by atoms with Gasteiger partial charge in [-0.3, -0.25) is 4.79 Å². The third kappa shape index (κ3) is 3.09. The second kappa shape index (κ2) is 5.52. The van der Waals surface area contributed by atoms with Crippen LogP contribution >= 0.6 is 0 Å². The van der Waals surface area contributed by atoms with E-state index in [0.717, 1.165) is 5.69 Å². The standard InChI is InChI=1S/C13H19N3O4/c1-9-7-10(20-15-9)8-14-12(19)16-5-3-13(2,4-6-16)11(17)18/h7H,3-6,8H2,1-2H3,(H,14,19)(H,17,18). The molecule has 1 aliphatic heterocycles. The summed E-state index contributed by atoms with van der Waals surface area (Å²) < 4.78 is 5.01. The van der Waals surface area contributed by atoms with E-state index in [1.807, 2.05) is 6.92 Å². The first-order valence-electron chi connectivity index (χ1n) is 6.59. The Balaban J connectivity index is 1.81. The van der Waals surface area contributed by atoms with Crippen LogP contribution in [0.25, 0.3) is 0 Å². The zero-order valence-corrected chi connectivity index (χ0v) is 11.7. The molecule has 0 bridgehead atoms. The van der Waals surface area contributed by atoms with Gasteiger partial charge in [-0.1, -0.05) is 5.16 Å². The van der Waals surface area contributed by atoms with E-state index < -0.39 is 11.4 Å². The number of carboxylic acids is 1. The van der Waals surface area contributed by atoms with Crippen molar-refractivity contribution >= 4 is 12.0 Å². The van der Waals surface area contributed by atoms with Crippen LogP contribution in [0.4, 0.5) is 4.79 Å². The number of urea groups is 1. The molecule has 0 aromatic carbocycles. The smallest absolute Gasteiger partial charge is 0.317 e. The quantitative estimate of drug-likeness (QED) is 0.872. The summed E-state index contributed by atoms with van der Waals surface area (Å²) in [7, 11) is 0. The first-order chi connectivity index (χ1) is 9.40. The number of rotatable bonds is 3. The molecule has 1 aromatic heterocycles. The zero-order valence-electron chi connectivity index (χ0n) is 11.7. The number of likely N-dealkylation sites (tertiary alicyclic amines) is 1. The molecule has 2 heterocycles. The van der Waals surface area contributed by atoms with Gasteiger partial charge in [0.25, 0.3) is 0 Å². The number of carbonyl (C=O) groups excluding carboxylic acids is 1. The zero-order chi connectivity index (χ0) is 14.8. The van der Waals surface area contributed by atoms with Crippen molar-refractivity contribution < 1.29 is 19.2 Å². The van der Waals surface area contributed by atoms with Crippen molar-refractivity contribution in [3.05, 3.63) is 17.5 Å². The van der Waals surface area contributed by atoms with E-state index in [1.165, 1.54) is 0 Å². The highest BCUT2D eigenvalue weighted by Crippen LogP contribution is 2.30. The van der Waals surface area contributed by atoms with E-state index in [0.29, 0.717) is 31.7 Å². The van der Waals surface area contributed by atoms with Crippen LogP contribution in [0, 0.1) is 12.3 Å². The summed E-state index contributed by atoms with van der Waals surface area (Å²) in [6.07, 6.45) is 0.939. The van der Waals surface area contributed by atoms with E-state index in [9.17, 15) is 9.59 Å². The summed E-state index contributed by atoms with van der Waals surface area (Å²) in [5.41, 5.74) is 0.0446. The number of nitrogens with zero attached hydrogens (tertiary/aromatic N) is 2. The van der Waals surface area contributed by atoms with Crippen LogP contribution in [0.2, 0.25) is 0 Å². The second-order valence-electron chi connectivity index (χ2n) is 5.45. The number of carboxylic acid groups (broad SMARTS) is 1. The Hall–Kier alpha value is -2.05. The number of aryl methyl sites for hydroxylation is 1. The van der Waals surface area contributed by atoms with Crippen LogP contribution in [0.1, 0.15) is 31.2 Å². The molecule has 0 aliphatic carbocycles. The molecule has 1 saturated heterocycles. The molecule has 0 saturated carbocycles. The van der Waals surface area contributed by atoms with Gasteiger partial charge in [0, 0.05) is 19.2 Å². The van der Waals surface area contributed by atoms with Crippen LogP contribution in [0.15, 0.2) is 10.6 Å². The minimum Gasteiger partial charge on any atom is -0.481 e. The SMILES string of the molecule is Cc1cc(CNC(=O)N2CCC(C)(C(=O)O)CC2)on1. The fourth-order valence-corrected chi connectivity index (χ4v) is 2.19. The van der Waals surface area contributed by atoms with Crippen LogP contribution in [0.5, 0.6) is 0 Å². The second-order valence-corrected chi connectivity index (χ2v) is 5.45. The van der Waals surface area contributed by atoms with Gasteiger partial charge in [-0.05, 0) is 26.7 Å². The van der Waals surface area contributed by atoms with Crippen LogP contribution < -0.4 is 5.32 Å². The van der Waals surface area contributed by atoms with Crippen LogP contribution in [0.3, 0.4) is 0 Å². The first-order valence-corrected chi connectivity index (χ1v) is 6.59. The number of nitrogens with one attached hydrogen (secondary N) is 1. The Bertz CT molecular complexity index is 503. The first kappa shape index (κ1) is 14.4. The van der Waals surface area contributed by atoms with Crippen molar-refractivity contribution in [3.8, 4) is 0 Å². The van der Waals surface area contributed by atoms with Crippen molar-refractivity contribution in [1.29, 1.82) is 0 Å². The number of hydrogen-bond acceptors (Lipinski definition) is 4. The maximum Gasteiger partial charge on any atom is 0.317 e. The highest BCUT2D eigenvalue weighted by atomic mass is 16.5. The van der Waals surface area contributed by atoms with Crippen molar-refractivity contribution in [1.82, 2.24) is 15.4 Å². The molecule has 1 fully saturated rings. The molecule has 1 aliphatic rings. The fourth-order valence-electron chi connectivity index (χ4n) is 2.19. The summed E-state index contributed by atoms with van der Waals surface area (Å²) in [5.74, 6) is -0.196. The molecule has 2 rings (SSSR count). The molecule has 7 heteroatoms. The van der Waals surface area contributed by atoms with Gasteiger partial charge in [0.2, 0.25) is 0 Å². The molecule has 0 atom stereocenters. The predicted octanol–water partition coefficient (Wildman–Crippen LogP) is 1.38. The van der Waals surface area contributed by atoms with E-state index in [-0.39, 0.29) is 12.6 Å².